The molecule has 3 heterocycles. The van der Waals surface area contributed by atoms with Crippen LogP contribution in [-0.2, 0) is 11.2 Å². The van der Waals surface area contributed by atoms with Crippen molar-refractivity contribution in [3.05, 3.63) is 42.0 Å². The topological polar surface area (TPSA) is 119 Å². The fourth-order valence-corrected chi connectivity index (χ4v) is 5.83. The summed E-state index contributed by atoms with van der Waals surface area (Å²) in [6.45, 7) is 8.14. The van der Waals surface area contributed by atoms with Crippen LogP contribution < -0.4 is 20.5 Å². The molecular weight excluding hydrogens is 522 g/mol. The van der Waals surface area contributed by atoms with Gasteiger partial charge in [0.2, 0.25) is 11.0 Å². The van der Waals surface area contributed by atoms with Crippen molar-refractivity contribution in [1.82, 2.24) is 25.0 Å². The number of benzene rings is 2. The van der Waals surface area contributed by atoms with E-state index in [0.29, 0.717) is 34.2 Å². The highest BCUT2D eigenvalue weighted by Crippen LogP contribution is 2.36. The van der Waals surface area contributed by atoms with Crippen molar-refractivity contribution in [1.29, 1.82) is 0 Å². The number of likely N-dealkylation sites (N-methyl/N-ethyl adjacent to an activating group) is 1. The first-order valence-corrected chi connectivity index (χ1v) is 14.2. The first kappa shape index (κ1) is 26.3. The van der Waals surface area contributed by atoms with Crippen molar-refractivity contribution in [3.8, 4) is 22.1 Å². The van der Waals surface area contributed by atoms with Gasteiger partial charge in [-0.3, -0.25) is 9.69 Å². The summed E-state index contributed by atoms with van der Waals surface area (Å²) >= 11 is 2.72. The highest BCUT2D eigenvalue weighted by molar-refractivity contribution is 7.22. The van der Waals surface area contributed by atoms with Gasteiger partial charge in [-0.25, -0.2) is 4.98 Å². The second kappa shape index (κ2) is 12.0. The third kappa shape index (κ3) is 6.57. The molecule has 1 fully saturated rings. The highest BCUT2D eigenvalue weighted by atomic mass is 32.1. The molecule has 0 spiro atoms. The van der Waals surface area contributed by atoms with Crippen LogP contribution in [0.1, 0.15) is 12.5 Å². The number of rotatable bonds is 10. The molecule has 0 aliphatic carbocycles. The number of nitrogens with two attached hydrogens (primary N) is 1. The molecule has 1 saturated heterocycles. The first-order chi connectivity index (χ1) is 18.5. The average Bonchev–Trinajstić information content (AvgIpc) is 3.50. The number of fused-ring (bicyclic) bond motifs is 1. The normalized spacial score (nSPS) is 14.6. The van der Waals surface area contributed by atoms with E-state index in [1.54, 1.807) is 0 Å². The van der Waals surface area contributed by atoms with Crippen LogP contribution in [0, 0.1) is 0 Å². The Morgan fingerprint density at radius 3 is 2.74 bits per heavy atom. The minimum absolute atomic E-state index is 0.167. The molecule has 1 aliphatic rings. The molecule has 5 rings (SSSR count). The number of aromatic nitrogens is 3. The standard InChI is InChI=1S/C26H31N7O3S2/c1-3-35-18-5-6-19(21(16-18)36-13-12-33-10-8-32(2)9-11-33)24-30-31-26(38-24)29-23(34)15-17-4-7-20-22(14-17)37-25(27)28-20/h4-7,14,16H,3,8-13,15H2,1-2H3,(H2,27,28)(H,29,31,34). The van der Waals surface area contributed by atoms with Crippen LogP contribution in [0.2, 0.25) is 0 Å². The number of amides is 1. The maximum Gasteiger partial charge on any atom is 0.230 e. The van der Waals surface area contributed by atoms with E-state index in [2.05, 4.69) is 37.3 Å². The smallest absolute Gasteiger partial charge is 0.230 e. The quantitative estimate of drug-likeness (QED) is 0.304. The number of nitrogens with one attached hydrogen (secondary N) is 1. The molecule has 10 nitrogen and oxygen atoms in total. The van der Waals surface area contributed by atoms with Crippen LogP contribution in [0.3, 0.4) is 0 Å². The van der Waals surface area contributed by atoms with Crippen molar-refractivity contribution in [3.63, 3.8) is 0 Å². The Labute approximate surface area is 229 Å². The Hall–Kier alpha value is -3.32. The molecule has 2 aromatic heterocycles. The summed E-state index contributed by atoms with van der Waals surface area (Å²) < 4.78 is 12.9. The predicted octanol–water partition coefficient (Wildman–Crippen LogP) is 3.60. The van der Waals surface area contributed by atoms with Crippen LogP contribution in [0.4, 0.5) is 10.3 Å². The number of carbonyl (C=O) groups excluding carboxylic acids is 1. The zero-order valence-corrected chi connectivity index (χ0v) is 23.1. The van der Waals surface area contributed by atoms with Gasteiger partial charge in [-0.2, -0.15) is 0 Å². The Morgan fingerprint density at radius 1 is 1.08 bits per heavy atom. The Morgan fingerprint density at radius 2 is 1.92 bits per heavy atom. The summed E-state index contributed by atoms with van der Waals surface area (Å²) in [4.78, 5) is 21.7. The van der Waals surface area contributed by atoms with Gasteiger partial charge in [0.05, 0.1) is 28.8 Å². The van der Waals surface area contributed by atoms with E-state index < -0.39 is 0 Å². The molecule has 0 unspecified atom stereocenters. The molecule has 12 heteroatoms. The maximum atomic E-state index is 12.7. The van der Waals surface area contributed by atoms with E-state index in [1.807, 2.05) is 43.3 Å². The fourth-order valence-electron chi connectivity index (χ4n) is 4.24. The third-order valence-corrected chi connectivity index (χ3v) is 7.98. The molecule has 38 heavy (non-hydrogen) atoms. The second-order valence-corrected chi connectivity index (χ2v) is 11.1. The van der Waals surface area contributed by atoms with Crippen LogP contribution in [0.25, 0.3) is 20.8 Å². The highest BCUT2D eigenvalue weighted by Gasteiger charge is 2.17. The van der Waals surface area contributed by atoms with Crippen molar-refractivity contribution in [2.45, 2.75) is 13.3 Å². The number of ether oxygens (including phenoxy) is 2. The lowest BCUT2D eigenvalue weighted by molar-refractivity contribution is -0.115. The van der Waals surface area contributed by atoms with Gasteiger partial charge in [0.15, 0.2) is 10.1 Å². The number of thiazole rings is 1. The lowest BCUT2D eigenvalue weighted by Crippen LogP contribution is -2.45. The van der Waals surface area contributed by atoms with Gasteiger partial charge in [-0.1, -0.05) is 28.7 Å². The Kier molecular flexibility index (Phi) is 8.32. The van der Waals surface area contributed by atoms with Crippen LogP contribution in [0.5, 0.6) is 11.5 Å². The predicted molar refractivity (Wildman–Crippen MR) is 152 cm³/mol. The van der Waals surface area contributed by atoms with Gasteiger partial charge in [-0.05, 0) is 43.8 Å². The van der Waals surface area contributed by atoms with Gasteiger partial charge >= 0.3 is 0 Å². The number of piperazine rings is 1. The molecule has 1 aliphatic heterocycles. The van der Waals surface area contributed by atoms with Crippen LogP contribution in [0.15, 0.2) is 36.4 Å². The van der Waals surface area contributed by atoms with Crippen molar-refractivity contribution < 1.29 is 14.3 Å². The van der Waals surface area contributed by atoms with E-state index in [4.69, 9.17) is 15.2 Å². The average molecular weight is 554 g/mol. The monoisotopic (exact) mass is 553 g/mol. The number of anilines is 2. The fraction of sp³-hybridized carbons (Fsp3) is 0.385. The molecule has 2 aromatic carbocycles. The van der Waals surface area contributed by atoms with Gasteiger partial charge in [-0.15, -0.1) is 10.2 Å². The van der Waals surface area contributed by atoms with Gasteiger partial charge < -0.3 is 25.4 Å². The lowest BCUT2D eigenvalue weighted by Gasteiger charge is -2.32. The van der Waals surface area contributed by atoms with Gasteiger partial charge in [0.25, 0.3) is 0 Å². The summed E-state index contributed by atoms with van der Waals surface area (Å²) in [6.07, 6.45) is 0.215. The molecule has 1 amide bonds. The summed E-state index contributed by atoms with van der Waals surface area (Å²) in [5.74, 6) is 1.26. The van der Waals surface area contributed by atoms with E-state index in [-0.39, 0.29) is 12.3 Å². The first-order valence-electron chi connectivity index (χ1n) is 12.6. The van der Waals surface area contributed by atoms with Crippen LogP contribution in [-0.4, -0.2) is 83.9 Å². The van der Waals surface area contributed by atoms with E-state index in [1.165, 1.54) is 22.7 Å². The SMILES string of the molecule is CCOc1ccc(-c2nnc(NC(=O)Cc3ccc4nc(N)sc4c3)s2)c(OCCN2CCN(C)CC2)c1. The molecular formula is C26H31N7O3S2. The summed E-state index contributed by atoms with van der Waals surface area (Å²) in [6, 6.07) is 11.4. The van der Waals surface area contributed by atoms with E-state index >= 15 is 0 Å². The molecule has 4 aromatic rings. The maximum absolute atomic E-state index is 12.7. The molecule has 0 bridgehead atoms. The third-order valence-electron chi connectivity index (χ3n) is 6.26. The number of hydrogen-bond donors (Lipinski definition) is 2. The van der Waals surface area contributed by atoms with Gasteiger partial charge in [0.1, 0.15) is 18.1 Å². The Bertz CT molecular complexity index is 1400. The molecule has 3 N–H and O–H groups in total. The minimum atomic E-state index is -0.167. The molecule has 0 atom stereocenters. The number of nitrogen functional groups attached to an aromatic ring is 1. The largest absolute Gasteiger partial charge is 0.494 e. The minimum Gasteiger partial charge on any atom is -0.494 e. The lowest BCUT2D eigenvalue weighted by atomic mass is 10.1. The van der Waals surface area contributed by atoms with Crippen LogP contribution >= 0.6 is 22.7 Å². The van der Waals surface area contributed by atoms with E-state index in [9.17, 15) is 4.79 Å². The molecule has 200 valence electrons. The van der Waals surface area contributed by atoms with Crippen molar-refractivity contribution >= 4 is 49.1 Å². The zero-order valence-electron chi connectivity index (χ0n) is 21.5. The second-order valence-electron chi connectivity index (χ2n) is 9.08. The van der Waals surface area contributed by atoms with Gasteiger partial charge in [0, 0.05) is 38.8 Å². The molecule has 0 radical (unpaired) electrons. The summed E-state index contributed by atoms with van der Waals surface area (Å²) in [5.41, 5.74) is 8.32. The summed E-state index contributed by atoms with van der Waals surface area (Å²) in [7, 11) is 2.15. The number of hydrogen-bond acceptors (Lipinski definition) is 11. The zero-order chi connectivity index (χ0) is 26.5. The summed E-state index contributed by atoms with van der Waals surface area (Å²) in [5, 5.41) is 13.0. The van der Waals surface area contributed by atoms with Crippen molar-refractivity contribution in [2.24, 2.45) is 0 Å². The molecule has 0 saturated carbocycles. The van der Waals surface area contributed by atoms with Crippen molar-refractivity contribution in [2.75, 3.05) is 64.0 Å². The Balaban J connectivity index is 1.24. The van der Waals surface area contributed by atoms with E-state index in [0.717, 1.165) is 59.8 Å². The number of nitrogens with zero attached hydrogens (tertiary/aromatic N) is 5. The number of carbonyl (C=O) groups is 1.